The van der Waals surface area contributed by atoms with E-state index in [1.807, 2.05) is 31.3 Å². The van der Waals surface area contributed by atoms with E-state index in [1.165, 1.54) is 5.56 Å². The molecule has 5 heteroatoms. The fourth-order valence-corrected chi connectivity index (χ4v) is 2.59. The molecule has 0 aliphatic carbocycles. The molecule has 0 atom stereocenters. The first-order chi connectivity index (χ1) is 9.00. The van der Waals surface area contributed by atoms with Crippen LogP contribution >= 0.6 is 0 Å². The summed E-state index contributed by atoms with van der Waals surface area (Å²) in [6.45, 7) is 4.11. The molecule has 0 fully saturated rings. The molecule has 0 saturated heterocycles. The molecule has 19 heavy (non-hydrogen) atoms. The fourth-order valence-electron chi connectivity index (χ4n) is 1.84. The molecule has 2 aromatic rings. The van der Waals surface area contributed by atoms with Crippen molar-refractivity contribution in [2.75, 3.05) is 11.5 Å². The number of benzene rings is 1. The van der Waals surface area contributed by atoms with Gasteiger partial charge in [0.1, 0.15) is 0 Å². The van der Waals surface area contributed by atoms with Crippen molar-refractivity contribution in [2.45, 2.75) is 20.4 Å². The quantitative estimate of drug-likeness (QED) is 0.843. The lowest BCUT2D eigenvalue weighted by atomic mass is 10.1. The van der Waals surface area contributed by atoms with Crippen LogP contribution in [0.4, 0.5) is 0 Å². The lowest BCUT2D eigenvalue weighted by molar-refractivity contribution is 0.582. The van der Waals surface area contributed by atoms with E-state index < -0.39 is 9.84 Å². The topological polar surface area (TPSA) is 52.0 Å². The first-order valence-corrected chi connectivity index (χ1v) is 8.12. The summed E-state index contributed by atoms with van der Waals surface area (Å²) in [5.74, 6) is 0.317. The SMILES string of the molecule is CCS(=O)(=O)CCn1cc(-c2cccc(C)c2)cn1. The Kier molecular flexibility index (Phi) is 4.04. The van der Waals surface area contributed by atoms with Crippen LogP contribution in [0.1, 0.15) is 12.5 Å². The number of aryl methyl sites for hydroxylation is 2. The van der Waals surface area contributed by atoms with Gasteiger partial charge in [-0.25, -0.2) is 8.42 Å². The van der Waals surface area contributed by atoms with E-state index >= 15 is 0 Å². The van der Waals surface area contributed by atoms with Gasteiger partial charge in [0.25, 0.3) is 0 Å². The molecule has 0 bridgehead atoms. The van der Waals surface area contributed by atoms with Crippen molar-refractivity contribution in [1.29, 1.82) is 0 Å². The Morgan fingerprint density at radius 3 is 2.74 bits per heavy atom. The summed E-state index contributed by atoms with van der Waals surface area (Å²) < 4.78 is 24.6. The summed E-state index contributed by atoms with van der Waals surface area (Å²) in [7, 11) is -2.94. The molecule has 1 heterocycles. The second-order valence-electron chi connectivity index (χ2n) is 4.60. The van der Waals surface area contributed by atoms with E-state index in [0.29, 0.717) is 6.54 Å². The maximum atomic E-state index is 11.5. The van der Waals surface area contributed by atoms with Crippen LogP contribution in [0.5, 0.6) is 0 Å². The molecule has 0 spiro atoms. The van der Waals surface area contributed by atoms with Crippen molar-refractivity contribution in [3.63, 3.8) is 0 Å². The molecule has 0 radical (unpaired) electrons. The van der Waals surface area contributed by atoms with E-state index in [4.69, 9.17) is 0 Å². The van der Waals surface area contributed by atoms with E-state index in [2.05, 4.69) is 11.2 Å². The largest absolute Gasteiger partial charge is 0.271 e. The van der Waals surface area contributed by atoms with Gasteiger partial charge in [0.05, 0.1) is 18.5 Å². The zero-order valence-electron chi connectivity index (χ0n) is 11.2. The third kappa shape index (κ3) is 3.67. The molecule has 2 rings (SSSR count). The van der Waals surface area contributed by atoms with Gasteiger partial charge in [-0.15, -0.1) is 0 Å². The van der Waals surface area contributed by atoms with Crippen LogP contribution in [-0.2, 0) is 16.4 Å². The van der Waals surface area contributed by atoms with Crippen LogP contribution in [0.15, 0.2) is 36.7 Å². The molecule has 4 nitrogen and oxygen atoms in total. The molecule has 0 saturated carbocycles. The van der Waals surface area contributed by atoms with Gasteiger partial charge < -0.3 is 0 Å². The predicted molar refractivity (Wildman–Crippen MR) is 76.7 cm³/mol. The summed E-state index contributed by atoms with van der Waals surface area (Å²) >= 11 is 0. The number of hydrogen-bond acceptors (Lipinski definition) is 3. The van der Waals surface area contributed by atoms with Crippen LogP contribution in [0.3, 0.4) is 0 Å². The van der Waals surface area contributed by atoms with Gasteiger partial charge in [0.2, 0.25) is 0 Å². The van der Waals surface area contributed by atoms with Crippen LogP contribution in [-0.4, -0.2) is 29.7 Å². The van der Waals surface area contributed by atoms with Crippen LogP contribution in [0, 0.1) is 6.92 Å². The number of sulfone groups is 1. The Hall–Kier alpha value is -1.62. The van der Waals surface area contributed by atoms with Crippen molar-refractivity contribution >= 4 is 9.84 Å². The minimum absolute atomic E-state index is 0.137. The molecule has 0 N–H and O–H groups in total. The Balaban J connectivity index is 2.12. The first-order valence-electron chi connectivity index (χ1n) is 6.30. The average Bonchev–Trinajstić information content (AvgIpc) is 2.85. The first kappa shape index (κ1) is 13.8. The molecule has 0 amide bonds. The van der Waals surface area contributed by atoms with Crippen LogP contribution < -0.4 is 0 Å². The maximum absolute atomic E-state index is 11.5. The van der Waals surface area contributed by atoms with Gasteiger partial charge in [-0.1, -0.05) is 36.8 Å². The number of rotatable bonds is 5. The Labute approximate surface area is 114 Å². The number of aromatic nitrogens is 2. The van der Waals surface area contributed by atoms with E-state index in [0.717, 1.165) is 11.1 Å². The molecule has 1 aromatic heterocycles. The minimum Gasteiger partial charge on any atom is -0.271 e. The Morgan fingerprint density at radius 1 is 1.26 bits per heavy atom. The average molecular weight is 278 g/mol. The summed E-state index contributed by atoms with van der Waals surface area (Å²) in [6, 6.07) is 8.16. The Morgan fingerprint density at radius 2 is 2.05 bits per heavy atom. The monoisotopic (exact) mass is 278 g/mol. The zero-order chi connectivity index (χ0) is 13.9. The molecular formula is C14H18N2O2S. The lowest BCUT2D eigenvalue weighted by Crippen LogP contribution is -2.14. The minimum atomic E-state index is -2.94. The van der Waals surface area contributed by atoms with Crippen LogP contribution in [0.2, 0.25) is 0 Å². The standard InChI is InChI=1S/C14H18N2O2S/c1-3-19(17,18)8-7-16-11-14(10-15-16)13-6-4-5-12(2)9-13/h4-6,9-11H,3,7-8H2,1-2H3. The third-order valence-electron chi connectivity index (χ3n) is 3.06. The summed E-state index contributed by atoms with van der Waals surface area (Å²) in [5, 5.41) is 4.21. The maximum Gasteiger partial charge on any atom is 0.151 e. The van der Waals surface area contributed by atoms with Gasteiger partial charge in [-0.05, 0) is 12.5 Å². The van der Waals surface area contributed by atoms with Crippen LogP contribution in [0.25, 0.3) is 11.1 Å². The van der Waals surface area contributed by atoms with Crippen molar-refractivity contribution < 1.29 is 8.42 Å². The summed E-state index contributed by atoms with van der Waals surface area (Å²) in [5.41, 5.74) is 3.31. The molecule has 1 aromatic carbocycles. The zero-order valence-corrected chi connectivity index (χ0v) is 12.0. The van der Waals surface area contributed by atoms with Gasteiger partial charge >= 0.3 is 0 Å². The normalized spacial score (nSPS) is 11.7. The smallest absolute Gasteiger partial charge is 0.151 e. The Bertz CT molecular complexity index is 660. The highest BCUT2D eigenvalue weighted by Crippen LogP contribution is 2.19. The van der Waals surface area contributed by atoms with Crippen molar-refractivity contribution in [2.24, 2.45) is 0 Å². The molecular weight excluding hydrogens is 260 g/mol. The third-order valence-corrected chi connectivity index (χ3v) is 4.74. The van der Waals surface area contributed by atoms with Crippen molar-refractivity contribution in [3.8, 4) is 11.1 Å². The summed E-state index contributed by atoms with van der Waals surface area (Å²) in [6.07, 6.45) is 3.66. The molecule has 0 aliphatic rings. The van der Waals surface area contributed by atoms with Crippen molar-refractivity contribution in [1.82, 2.24) is 9.78 Å². The molecule has 0 unspecified atom stereocenters. The lowest BCUT2D eigenvalue weighted by Gasteiger charge is -2.01. The number of nitrogens with zero attached hydrogens (tertiary/aromatic N) is 2. The van der Waals surface area contributed by atoms with Gasteiger partial charge in [-0.2, -0.15) is 5.10 Å². The highest BCUT2D eigenvalue weighted by atomic mass is 32.2. The van der Waals surface area contributed by atoms with Gasteiger partial charge in [-0.3, -0.25) is 4.68 Å². The highest BCUT2D eigenvalue weighted by molar-refractivity contribution is 7.91. The van der Waals surface area contributed by atoms with E-state index in [9.17, 15) is 8.42 Å². The fraction of sp³-hybridized carbons (Fsp3) is 0.357. The van der Waals surface area contributed by atoms with Gasteiger partial charge in [0.15, 0.2) is 9.84 Å². The van der Waals surface area contributed by atoms with Crippen molar-refractivity contribution in [3.05, 3.63) is 42.2 Å². The molecule has 0 aliphatic heterocycles. The predicted octanol–water partition coefficient (Wildman–Crippen LogP) is 2.29. The second-order valence-corrected chi connectivity index (χ2v) is 7.07. The van der Waals surface area contributed by atoms with Gasteiger partial charge in [0, 0.05) is 17.5 Å². The number of hydrogen-bond donors (Lipinski definition) is 0. The van der Waals surface area contributed by atoms with E-state index in [1.54, 1.807) is 17.8 Å². The summed E-state index contributed by atoms with van der Waals surface area (Å²) in [4.78, 5) is 0. The second kappa shape index (κ2) is 5.57. The highest BCUT2D eigenvalue weighted by Gasteiger charge is 2.08. The molecule has 102 valence electrons. The van der Waals surface area contributed by atoms with E-state index in [-0.39, 0.29) is 11.5 Å².